The van der Waals surface area contributed by atoms with Gasteiger partial charge in [0, 0.05) is 25.7 Å². The largest absolute Gasteiger partial charge is 0.333 e. The minimum absolute atomic E-state index is 0.0883. The van der Waals surface area contributed by atoms with Crippen LogP contribution in [-0.2, 0) is 0 Å². The molecule has 92 valence electrons. The number of carbonyl (C=O) groups excluding carboxylic acids is 1. The molecule has 17 heavy (non-hydrogen) atoms. The average Bonchev–Trinajstić information content (AvgIpc) is 2.29. The van der Waals surface area contributed by atoms with E-state index in [4.69, 9.17) is 23.2 Å². The molecule has 5 heteroatoms. The number of nitrogens with one attached hydrogen (secondary N) is 1. The molecule has 0 aromatic heterocycles. The summed E-state index contributed by atoms with van der Waals surface area (Å²) in [5.41, 5.74) is 0.407. The molecule has 0 radical (unpaired) electrons. The van der Waals surface area contributed by atoms with Gasteiger partial charge in [-0.2, -0.15) is 0 Å². The molecule has 1 aliphatic rings. The Hall–Kier alpha value is -0.770. The SMILES string of the molecule is CC1CNCCN1C(=O)c1c(Cl)cccc1Cl. The Morgan fingerprint density at radius 1 is 1.41 bits per heavy atom. The van der Waals surface area contributed by atoms with Crippen molar-refractivity contribution in [3.8, 4) is 0 Å². The van der Waals surface area contributed by atoms with Crippen LogP contribution in [0.1, 0.15) is 17.3 Å². The van der Waals surface area contributed by atoms with Gasteiger partial charge in [0.25, 0.3) is 5.91 Å². The number of halogens is 2. The van der Waals surface area contributed by atoms with Crippen molar-refractivity contribution in [2.24, 2.45) is 0 Å². The van der Waals surface area contributed by atoms with Gasteiger partial charge in [-0.25, -0.2) is 0 Å². The lowest BCUT2D eigenvalue weighted by molar-refractivity contribution is 0.0656. The Morgan fingerprint density at radius 3 is 2.65 bits per heavy atom. The molecule has 3 nitrogen and oxygen atoms in total. The highest BCUT2D eigenvalue weighted by molar-refractivity contribution is 6.39. The molecule has 2 rings (SSSR count). The van der Waals surface area contributed by atoms with Crippen LogP contribution < -0.4 is 5.32 Å². The smallest absolute Gasteiger partial charge is 0.257 e. The van der Waals surface area contributed by atoms with Gasteiger partial charge < -0.3 is 10.2 Å². The van der Waals surface area contributed by atoms with Crippen LogP contribution in [0.4, 0.5) is 0 Å². The van der Waals surface area contributed by atoms with Crippen LogP contribution >= 0.6 is 23.2 Å². The molecule has 1 saturated heterocycles. The molecule has 1 fully saturated rings. The summed E-state index contributed by atoms with van der Waals surface area (Å²) in [7, 11) is 0. The number of benzene rings is 1. The van der Waals surface area contributed by atoms with E-state index in [0.717, 1.165) is 13.1 Å². The van der Waals surface area contributed by atoms with Gasteiger partial charge in [0.05, 0.1) is 15.6 Å². The number of hydrogen-bond acceptors (Lipinski definition) is 2. The second-order valence-electron chi connectivity index (χ2n) is 4.15. The summed E-state index contributed by atoms with van der Waals surface area (Å²) in [5.74, 6) is -0.0883. The maximum atomic E-state index is 12.4. The van der Waals surface area contributed by atoms with E-state index in [2.05, 4.69) is 5.32 Å². The first-order valence-electron chi connectivity index (χ1n) is 5.57. The Kier molecular flexibility index (Phi) is 3.92. The number of amides is 1. The fraction of sp³-hybridized carbons (Fsp3) is 0.417. The Balaban J connectivity index is 2.30. The van der Waals surface area contributed by atoms with E-state index in [-0.39, 0.29) is 11.9 Å². The summed E-state index contributed by atoms with van der Waals surface area (Å²) in [6, 6.07) is 5.27. The molecule has 0 aliphatic carbocycles. The van der Waals surface area contributed by atoms with Crippen molar-refractivity contribution in [3.63, 3.8) is 0 Å². The van der Waals surface area contributed by atoms with Crippen molar-refractivity contribution in [1.82, 2.24) is 10.2 Å². The van der Waals surface area contributed by atoms with Crippen LogP contribution in [0.25, 0.3) is 0 Å². The molecule has 0 spiro atoms. The van der Waals surface area contributed by atoms with Gasteiger partial charge in [-0.3, -0.25) is 4.79 Å². The fourth-order valence-electron chi connectivity index (χ4n) is 1.99. The maximum absolute atomic E-state index is 12.4. The Morgan fingerprint density at radius 2 is 2.06 bits per heavy atom. The number of piperazine rings is 1. The molecule has 0 saturated carbocycles. The third-order valence-electron chi connectivity index (χ3n) is 2.94. The van der Waals surface area contributed by atoms with Gasteiger partial charge >= 0.3 is 0 Å². The molecule has 1 unspecified atom stereocenters. The lowest BCUT2D eigenvalue weighted by Gasteiger charge is -2.34. The van der Waals surface area contributed by atoms with Gasteiger partial charge in [0.1, 0.15) is 0 Å². The van der Waals surface area contributed by atoms with Crippen LogP contribution in [-0.4, -0.2) is 36.5 Å². The lowest BCUT2D eigenvalue weighted by atomic mass is 10.1. The quantitative estimate of drug-likeness (QED) is 0.852. The number of carbonyl (C=O) groups is 1. The summed E-state index contributed by atoms with van der Waals surface area (Å²) < 4.78 is 0. The molecule has 1 heterocycles. The van der Waals surface area contributed by atoms with Crippen molar-refractivity contribution in [3.05, 3.63) is 33.8 Å². The minimum atomic E-state index is -0.0883. The van der Waals surface area contributed by atoms with E-state index in [1.807, 2.05) is 11.8 Å². The summed E-state index contributed by atoms with van der Waals surface area (Å²) in [6.07, 6.45) is 0. The topological polar surface area (TPSA) is 32.3 Å². The van der Waals surface area contributed by atoms with Gasteiger partial charge in [-0.1, -0.05) is 29.3 Å². The highest BCUT2D eigenvalue weighted by Gasteiger charge is 2.26. The average molecular weight is 273 g/mol. The first-order valence-corrected chi connectivity index (χ1v) is 6.32. The molecular formula is C12H14Cl2N2O. The summed E-state index contributed by atoms with van der Waals surface area (Å²) in [6.45, 7) is 4.29. The van der Waals surface area contributed by atoms with Gasteiger partial charge in [-0.05, 0) is 19.1 Å². The number of hydrogen-bond donors (Lipinski definition) is 1. The molecule has 1 aliphatic heterocycles. The van der Waals surface area contributed by atoms with Crippen LogP contribution in [0.2, 0.25) is 10.0 Å². The first kappa shape index (κ1) is 12.7. The molecule has 1 aromatic rings. The maximum Gasteiger partial charge on any atom is 0.257 e. The zero-order chi connectivity index (χ0) is 12.4. The predicted molar refractivity (Wildman–Crippen MR) is 69.8 cm³/mol. The van der Waals surface area contributed by atoms with E-state index < -0.39 is 0 Å². The van der Waals surface area contributed by atoms with Crippen molar-refractivity contribution >= 4 is 29.1 Å². The van der Waals surface area contributed by atoms with E-state index >= 15 is 0 Å². The predicted octanol–water partition coefficient (Wildman–Crippen LogP) is 2.43. The first-order chi connectivity index (χ1) is 8.11. The van der Waals surface area contributed by atoms with E-state index in [1.54, 1.807) is 18.2 Å². The van der Waals surface area contributed by atoms with Crippen LogP contribution in [0.5, 0.6) is 0 Å². The molecule has 1 N–H and O–H groups in total. The highest BCUT2D eigenvalue weighted by Crippen LogP contribution is 2.26. The minimum Gasteiger partial charge on any atom is -0.333 e. The third-order valence-corrected chi connectivity index (χ3v) is 3.57. The van der Waals surface area contributed by atoms with Gasteiger partial charge in [0.2, 0.25) is 0 Å². The highest BCUT2D eigenvalue weighted by atomic mass is 35.5. The van der Waals surface area contributed by atoms with Crippen LogP contribution in [0.15, 0.2) is 18.2 Å². The normalized spacial score (nSPS) is 20.4. The van der Waals surface area contributed by atoms with Crippen molar-refractivity contribution in [1.29, 1.82) is 0 Å². The lowest BCUT2D eigenvalue weighted by Crippen LogP contribution is -2.52. The number of nitrogens with zero attached hydrogens (tertiary/aromatic N) is 1. The monoisotopic (exact) mass is 272 g/mol. The van der Waals surface area contributed by atoms with E-state index in [9.17, 15) is 4.79 Å². The summed E-state index contributed by atoms with van der Waals surface area (Å²) >= 11 is 12.1. The zero-order valence-corrected chi connectivity index (χ0v) is 11.1. The Bertz CT molecular complexity index is 416. The van der Waals surface area contributed by atoms with Gasteiger partial charge in [0.15, 0.2) is 0 Å². The summed E-state index contributed by atoms with van der Waals surface area (Å²) in [5, 5.41) is 4.06. The Labute approximate surface area is 111 Å². The zero-order valence-electron chi connectivity index (χ0n) is 9.54. The van der Waals surface area contributed by atoms with Crippen molar-refractivity contribution in [2.45, 2.75) is 13.0 Å². The number of rotatable bonds is 1. The van der Waals surface area contributed by atoms with Crippen LogP contribution in [0.3, 0.4) is 0 Å². The second kappa shape index (κ2) is 5.25. The molecule has 1 atom stereocenters. The molecule has 1 amide bonds. The van der Waals surface area contributed by atoms with E-state index in [1.165, 1.54) is 0 Å². The standard InChI is InChI=1S/C12H14Cl2N2O/c1-8-7-15-5-6-16(8)12(17)11-9(13)3-2-4-10(11)14/h2-4,8,15H,5-7H2,1H3. The summed E-state index contributed by atoms with van der Waals surface area (Å²) in [4.78, 5) is 14.2. The molecular weight excluding hydrogens is 259 g/mol. The molecule has 0 bridgehead atoms. The third kappa shape index (κ3) is 2.57. The molecule has 1 aromatic carbocycles. The van der Waals surface area contributed by atoms with Crippen molar-refractivity contribution in [2.75, 3.05) is 19.6 Å². The van der Waals surface area contributed by atoms with Gasteiger partial charge in [-0.15, -0.1) is 0 Å². The fourth-order valence-corrected chi connectivity index (χ4v) is 2.55. The second-order valence-corrected chi connectivity index (χ2v) is 4.96. The van der Waals surface area contributed by atoms with Crippen LogP contribution in [0, 0.1) is 0 Å². The van der Waals surface area contributed by atoms with Crippen molar-refractivity contribution < 1.29 is 4.79 Å². The van der Waals surface area contributed by atoms with E-state index in [0.29, 0.717) is 22.2 Å².